The van der Waals surface area contributed by atoms with E-state index in [0.717, 1.165) is 11.3 Å². The number of carbonyl (C=O) groups is 2. The van der Waals surface area contributed by atoms with E-state index in [-0.39, 0.29) is 25.0 Å². The zero-order valence-electron chi connectivity index (χ0n) is 16.3. The Morgan fingerprint density at radius 2 is 1.68 bits per heavy atom. The minimum atomic E-state index is -0.636. The molecule has 0 spiro atoms. The molecule has 0 aromatic heterocycles. The van der Waals surface area contributed by atoms with Crippen LogP contribution in [-0.2, 0) is 16.1 Å². The van der Waals surface area contributed by atoms with E-state index in [4.69, 9.17) is 21.1 Å². The number of hydrogen-bond acceptors (Lipinski definition) is 4. The summed E-state index contributed by atoms with van der Waals surface area (Å²) in [5.74, 6) is 0.762. The number of halogens is 1. The fraction of sp³-hybridized carbons (Fsp3) is 0.333. The topological polar surface area (TPSA) is 67.9 Å². The van der Waals surface area contributed by atoms with E-state index in [9.17, 15) is 9.59 Å². The number of nitrogens with one attached hydrogen (secondary N) is 1. The van der Waals surface area contributed by atoms with Gasteiger partial charge in [0.05, 0.1) is 7.11 Å². The van der Waals surface area contributed by atoms with Crippen molar-refractivity contribution in [2.24, 2.45) is 0 Å². The molecule has 0 heterocycles. The minimum Gasteiger partial charge on any atom is -0.497 e. The molecule has 150 valence electrons. The lowest BCUT2D eigenvalue weighted by molar-refractivity contribution is -0.142. The van der Waals surface area contributed by atoms with Crippen LogP contribution in [0.2, 0.25) is 5.02 Å². The summed E-state index contributed by atoms with van der Waals surface area (Å²) in [5, 5.41) is 3.34. The van der Waals surface area contributed by atoms with Gasteiger partial charge in [0.15, 0.2) is 6.61 Å². The van der Waals surface area contributed by atoms with Crippen molar-refractivity contribution in [1.82, 2.24) is 10.2 Å². The molecule has 7 heteroatoms. The number of methoxy groups -OCH3 is 1. The van der Waals surface area contributed by atoms with E-state index < -0.39 is 6.04 Å². The molecule has 0 saturated carbocycles. The predicted octanol–water partition coefficient (Wildman–Crippen LogP) is 3.28. The lowest BCUT2D eigenvalue weighted by Gasteiger charge is -2.28. The van der Waals surface area contributed by atoms with Gasteiger partial charge >= 0.3 is 0 Å². The quantitative estimate of drug-likeness (QED) is 0.696. The maximum Gasteiger partial charge on any atom is 0.261 e. The van der Waals surface area contributed by atoms with Gasteiger partial charge in [0.1, 0.15) is 17.5 Å². The molecule has 2 aromatic rings. The molecule has 0 aliphatic rings. The van der Waals surface area contributed by atoms with Gasteiger partial charge in [0.2, 0.25) is 5.91 Å². The maximum atomic E-state index is 12.8. The Balaban J connectivity index is 2.11. The van der Waals surface area contributed by atoms with Crippen LogP contribution >= 0.6 is 11.6 Å². The fourth-order valence-electron chi connectivity index (χ4n) is 2.59. The van der Waals surface area contributed by atoms with Gasteiger partial charge < -0.3 is 19.7 Å². The number of rotatable bonds is 9. The molecule has 2 amide bonds. The van der Waals surface area contributed by atoms with Crippen LogP contribution in [0.1, 0.15) is 19.4 Å². The van der Waals surface area contributed by atoms with Crippen LogP contribution in [0.3, 0.4) is 0 Å². The van der Waals surface area contributed by atoms with Gasteiger partial charge in [-0.15, -0.1) is 0 Å². The molecule has 0 aliphatic heterocycles. The normalized spacial score (nSPS) is 11.4. The van der Waals surface area contributed by atoms with Crippen LogP contribution < -0.4 is 14.8 Å². The average molecular weight is 405 g/mol. The molecular formula is C21H25ClN2O4. The molecule has 0 saturated heterocycles. The molecule has 2 aromatic carbocycles. The van der Waals surface area contributed by atoms with Gasteiger partial charge in [-0.1, -0.05) is 23.7 Å². The first kappa shape index (κ1) is 21.6. The molecule has 1 N–H and O–H groups in total. The molecule has 0 radical (unpaired) electrons. The highest BCUT2D eigenvalue weighted by molar-refractivity contribution is 6.30. The molecule has 28 heavy (non-hydrogen) atoms. The smallest absolute Gasteiger partial charge is 0.261 e. The summed E-state index contributed by atoms with van der Waals surface area (Å²) in [6.07, 6.45) is 0. The third-order valence-corrected chi connectivity index (χ3v) is 4.46. The Kier molecular flexibility index (Phi) is 8.14. The summed E-state index contributed by atoms with van der Waals surface area (Å²) in [7, 11) is 1.59. The monoisotopic (exact) mass is 404 g/mol. The van der Waals surface area contributed by atoms with Gasteiger partial charge in [-0.25, -0.2) is 0 Å². The summed E-state index contributed by atoms with van der Waals surface area (Å²) in [4.78, 5) is 26.6. The second-order valence-corrected chi connectivity index (χ2v) is 6.62. The second-order valence-electron chi connectivity index (χ2n) is 6.18. The van der Waals surface area contributed by atoms with Crippen molar-refractivity contribution in [1.29, 1.82) is 0 Å². The van der Waals surface area contributed by atoms with Crippen LogP contribution in [0.15, 0.2) is 48.5 Å². The first-order valence-corrected chi connectivity index (χ1v) is 9.40. The Bertz CT molecular complexity index is 778. The highest BCUT2D eigenvalue weighted by atomic mass is 35.5. The van der Waals surface area contributed by atoms with E-state index in [1.807, 2.05) is 31.2 Å². The van der Waals surface area contributed by atoms with E-state index in [0.29, 0.717) is 17.3 Å². The van der Waals surface area contributed by atoms with Crippen LogP contribution in [0.5, 0.6) is 11.5 Å². The lowest BCUT2D eigenvalue weighted by atomic mass is 10.1. The number of ether oxygens (including phenoxy) is 2. The van der Waals surface area contributed by atoms with Gasteiger partial charge in [-0.2, -0.15) is 0 Å². The second kappa shape index (κ2) is 10.6. The SMILES string of the molecule is CCNC(=O)[C@H](C)N(Cc1ccc(OC)cc1)C(=O)COc1ccc(Cl)cc1. The van der Waals surface area contributed by atoms with Crippen molar-refractivity contribution in [3.8, 4) is 11.5 Å². The van der Waals surface area contributed by atoms with E-state index in [1.54, 1.807) is 38.3 Å². The van der Waals surface area contributed by atoms with Crippen molar-refractivity contribution < 1.29 is 19.1 Å². The average Bonchev–Trinajstić information content (AvgIpc) is 2.71. The van der Waals surface area contributed by atoms with E-state index >= 15 is 0 Å². The number of carbonyl (C=O) groups excluding carboxylic acids is 2. The molecule has 2 rings (SSSR count). The molecule has 6 nitrogen and oxygen atoms in total. The summed E-state index contributed by atoms with van der Waals surface area (Å²) in [5.41, 5.74) is 0.886. The first-order chi connectivity index (χ1) is 13.4. The third-order valence-electron chi connectivity index (χ3n) is 4.21. The van der Waals surface area contributed by atoms with Crippen LogP contribution in [-0.4, -0.2) is 43.0 Å². The Hall–Kier alpha value is -2.73. The van der Waals surface area contributed by atoms with Crippen LogP contribution in [0, 0.1) is 0 Å². The van der Waals surface area contributed by atoms with E-state index in [2.05, 4.69) is 5.32 Å². The zero-order chi connectivity index (χ0) is 20.5. The van der Waals surface area contributed by atoms with Crippen molar-refractivity contribution in [3.05, 3.63) is 59.1 Å². The number of benzene rings is 2. The molecule has 1 atom stereocenters. The molecule has 0 bridgehead atoms. The molecule has 0 aliphatic carbocycles. The highest BCUT2D eigenvalue weighted by Crippen LogP contribution is 2.17. The standard InChI is InChI=1S/C21H25ClN2O4/c1-4-23-21(26)15(2)24(13-16-5-9-18(27-3)10-6-16)20(25)14-28-19-11-7-17(22)8-12-19/h5-12,15H,4,13-14H2,1-3H3,(H,23,26)/t15-/m0/s1. The van der Waals surface area contributed by atoms with Crippen molar-refractivity contribution >= 4 is 23.4 Å². The fourth-order valence-corrected chi connectivity index (χ4v) is 2.72. The summed E-state index contributed by atoms with van der Waals surface area (Å²) in [6, 6.07) is 13.5. The lowest BCUT2D eigenvalue weighted by Crippen LogP contribution is -2.49. The molecular weight excluding hydrogens is 380 g/mol. The number of likely N-dealkylation sites (N-methyl/N-ethyl adjacent to an activating group) is 1. The summed E-state index contributed by atoms with van der Waals surface area (Å²) in [6.45, 7) is 4.14. The predicted molar refractivity (Wildman–Crippen MR) is 109 cm³/mol. The van der Waals surface area contributed by atoms with Gasteiger partial charge in [-0.05, 0) is 55.8 Å². The molecule has 0 fully saturated rings. The van der Waals surface area contributed by atoms with Crippen molar-refractivity contribution in [2.45, 2.75) is 26.4 Å². The van der Waals surface area contributed by atoms with Crippen LogP contribution in [0.4, 0.5) is 0 Å². The van der Waals surface area contributed by atoms with Crippen LogP contribution in [0.25, 0.3) is 0 Å². The Labute approximate surface area is 170 Å². The number of hydrogen-bond donors (Lipinski definition) is 1. The Morgan fingerprint density at radius 3 is 2.25 bits per heavy atom. The minimum absolute atomic E-state index is 0.179. The van der Waals surface area contributed by atoms with Crippen molar-refractivity contribution in [2.75, 3.05) is 20.3 Å². The molecule has 0 unspecified atom stereocenters. The Morgan fingerprint density at radius 1 is 1.07 bits per heavy atom. The number of amides is 2. The first-order valence-electron chi connectivity index (χ1n) is 9.03. The van der Waals surface area contributed by atoms with E-state index in [1.165, 1.54) is 4.90 Å². The largest absolute Gasteiger partial charge is 0.497 e. The van der Waals surface area contributed by atoms with Crippen molar-refractivity contribution in [3.63, 3.8) is 0 Å². The summed E-state index contributed by atoms with van der Waals surface area (Å²) >= 11 is 5.86. The maximum absolute atomic E-state index is 12.8. The number of nitrogens with zero attached hydrogens (tertiary/aromatic N) is 1. The van der Waals surface area contributed by atoms with Gasteiger partial charge in [-0.3, -0.25) is 9.59 Å². The summed E-state index contributed by atoms with van der Waals surface area (Å²) < 4.78 is 10.7. The highest BCUT2D eigenvalue weighted by Gasteiger charge is 2.26. The van der Waals surface area contributed by atoms with Gasteiger partial charge in [0, 0.05) is 18.1 Å². The zero-order valence-corrected chi connectivity index (χ0v) is 17.0. The van der Waals surface area contributed by atoms with Gasteiger partial charge in [0.25, 0.3) is 5.91 Å². The third kappa shape index (κ3) is 6.16.